The smallest absolute Gasteiger partial charge is 0.224 e. The van der Waals surface area contributed by atoms with Gasteiger partial charge in [0.15, 0.2) is 0 Å². The van der Waals surface area contributed by atoms with E-state index in [0.717, 1.165) is 25.3 Å². The third-order valence-electron chi connectivity index (χ3n) is 3.12. The second kappa shape index (κ2) is 8.51. The van der Waals surface area contributed by atoms with E-state index in [1.54, 1.807) is 0 Å². The molecule has 3 nitrogen and oxygen atoms in total. The van der Waals surface area contributed by atoms with Crippen LogP contribution in [0, 0.1) is 11.6 Å². The molecule has 1 aromatic carbocycles. The van der Waals surface area contributed by atoms with E-state index in [0.29, 0.717) is 12.5 Å². The first-order chi connectivity index (χ1) is 9.54. The van der Waals surface area contributed by atoms with Crippen LogP contribution in [-0.2, 0) is 4.79 Å². The number of benzene rings is 1. The quantitative estimate of drug-likeness (QED) is 0.554. The lowest BCUT2D eigenvalue weighted by Crippen LogP contribution is -2.13. The fraction of sp³-hybridized carbons (Fsp3) is 0.533. The zero-order valence-electron chi connectivity index (χ0n) is 11.8. The van der Waals surface area contributed by atoms with E-state index in [1.165, 1.54) is 19.3 Å². The number of unbranched alkanes of at least 4 members (excludes halogenated alkanes) is 5. The molecule has 0 saturated carbocycles. The molecule has 0 atom stereocenters. The van der Waals surface area contributed by atoms with Crippen LogP contribution < -0.4 is 11.1 Å². The van der Waals surface area contributed by atoms with Crippen LogP contribution in [-0.4, -0.2) is 5.91 Å². The summed E-state index contributed by atoms with van der Waals surface area (Å²) in [7, 11) is 0. The van der Waals surface area contributed by atoms with Crippen molar-refractivity contribution in [1.29, 1.82) is 0 Å². The van der Waals surface area contributed by atoms with Crippen LogP contribution in [0.2, 0.25) is 0 Å². The highest BCUT2D eigenvalue weighted by atomic mass is 19.1. The predicted octanol–water partition coefficient (Wildman–Crippen LogP) is 4.24. The topological polar surface area (TPSA) is 55.1 Å². The Morgan fingerprint density at radius 1 is 1.10 bits per heavy atom. The van der Waals surface area contributed by atoms with Gasteiger partial charge in [0.1, 0.15) is 11.6 Å². The molecule has 0 aliphatic rings. The summed E-state index contributed by atoms with van der Waals surface area (Å²) in [6.07, 6.45) is 6.79. The fourth-order valence-electron chi connectivity index (χ4n) is 1.94. The van der Waals surface area contributed by atoms with Crippen LogP contribution in [0.1, 0.15) is 51.9 Å². The summed E-state index contributed by atoms with van der Waals surface area (Å²) in [4.78, 5) is 11.6. The van der Waals surface area contributed by atoms with Gasteiger partial charge in [0, 0.05) is 12.5 Å². The monoisotopic (exact) mass is 284 g/mol. The lowest BCUT2D eigenvalue weighted by Gasteiger charge is -2.08. The lowest BCUT2D eigenvalue weighted by molar-refractivity contribution is -0.116. The number of anilines is 2. The van der Waals surface area contributed by atoms with E-state index in [2.05, 4.69) is 12.2 Å². The number of halogens is 2. The van der Waals surface area contributed by atoms with Crippen molar-refractivity contribution in [3.05, 3.63) is 23.8 Å². The maximum absolute atomic E-state index is 13.4. The fourth-order valence-corrected chi connectivity index (χ4v) is 1.94. The van der Waals surface area contributed by atoms with Gasteiger partial charge in [0.2, 0.25) is 5.91 Å². The van der Waals surface area contributed by atoms with Gasteiger partial charge in [0.05, 0.1) is 11.4 Å². The van der Waals surface area contributed by atoms with Gasteiger partial charge >= 0.3 is 0 Å². The average molecular weight is 284 g/mol. The Balaban J connectivity index is 2.34. The summed E-state index contributed by atoms with van der Waals surface area (Å²) in [5, 5.41) is 2.42. The minimum Gasteiger partial charge on any atom is -0.396 e. The maximum Gasteiger partial charge on any atom is 0.224 e. The highest BCUT2D eigenvalue weighted by Gasteiger charge is 2.10. The highest BCUT2D eigenvalue weighted by Crippen LogP contribution is 2.21. The van der Waals surface area contributed by atoms with Crippen LogP contribution in [0.3, 0.4) is 0 Å². The summed E-state index contributed by atoms with van der Waals surface area (Å²) < 4.78 is 26.4. The minimum absolute atomic E-state index is 0.0696. The molecule has 5 heteroatoms. The minimum atomic E-state index is -0.823. The van der Waals surface area contributed by atoms with E-state index < -0.39 is 11.6 Å². The molecule has 0 aliphatic carbocycles. The van der Waals surface area contributed by atoms with Gasteiger partial charge < -0.3 is 11.1 Å². The van der Waals surface area contributed by atoms with Crippen LogP contribution in [0.25, 0.3) is 0 Å². The van der Waals surface area contributed by atoms with Gasteiger partial charge in [0.25, 0.3) is 0 Å². The van der Waals surface area contributed by atoms with Gasteiger partial charge in [-0.05, 0) is 12.5 Å². The van der Waals surface area contributed by atoms with E-state index in [-0.39, 0.29) is 17.3 Å². The van der Waals surface area contributed by atoms with Crippen molar-refractivity contribution in [3.8, 4) is 0 Å². The molecule has 0 heterocycles. The Bertz CT molecular complexity index is 450. The third-order valence-corrected chi connectivity index (χ3v) is 3.12. The SMILES string of the molecule is CCCCCCCCC(=O)Nc1cc(N)c(F)cc1F. The molecular formula is C15H22F2N2O. The van der Waals surface area contributed by atoms with Crippen LogP contribution in [0.4, 0.5) is 20.2 Å². The van der Waals surface area contributed by atoms with Crippen LogP contribution in [0.5, 0.6) is 0 Å². The zero-order valence-corrected chi connectivity index (χ0v) is 11.8. The molecule has 0 spiro atoms. The number of nitrogens with one attached hydrogen (secondary N) is 1. The number of nitrogen functional groups attached to an aromatic ring is 1. The van der Waals surface area contributed by atoms with Gasteiger partial charge in [-0.1, -0.05) is 39.0 Å². The molecular weight excluding hydrogens is 262 g/mol. The molecule has 0 bridgehead atoms. The number of carbonyl (C=O) groups excluding carboxylic acids is 1. The number of nitrogens with two attached hydrogens (primary N) is 1. The van der Waals surface area contributed by atoms with Gasteiger partial charge in [-0.15, -0.1) is 0 Å². The number of hydrogen-bond donors (Lipinski definition) is 2. The van der Waals surface area contributed by atoms with E-state index >= 15 is 0 Å². The van der Waals surface area contributed by atoms with Crippen molar-refractivity contribution in [2.24, 2.45) is 0 Å². The molecule has 0 aliphatic heterocycles. The van der Waals surface area contributed by atoms with Crippen molar-refractivity contribution in [1.82, 2.24) is 0 Å². The highest BCUT2D eigenvalue weighted by molar-refractivity contribution is 5.91. The predicted molar refractivity (Wildman–Crippen MR) is 77.4 cm³/mol. The Morgan fingerprint density at radius 2 is 1.75 bits per heavy atom. The van der Waals surface area contributed by atoms with Crippen molar-refractivity contribution in [3.63, 3.8) is 0 Å². The molecule has 1 rings (SSSR count). The number of hydrogen-bond acceptors (Lipinski definition) is 2. The van der Waals surface area contributed by atoms with Gasteiger partial charge in [-0.3, -0.25) is 4.79 Å². The lowest BCUT2D eigenvalue weighted by atomic mass is 10.1. The molecule has 0 saturated heterocycles. The first kappa shape index (κ1) is 16.4. The second-order valence-electron chi connectivity index (χ2n) is 4.92. The van der Waals surface area contributed by atoms with Crippen molar-refractivity contribution in [2.45, 2.75) is 51.9 Å². The van der Waals surface area contributed by atoms with Crippen LogP contribution >= 0.6 is 0 Å². The summed E-state index contributed by atoms with van der Waals surface area (Å²) in [6, 6.07) is 1.78. The Labute approximate surface area is 118 Å². The first-order valence-corrected chi connectivity index (χ1v) is 7.09. The molecule has 1 amide bonds. The zero-order chi connectivity index (χ0) is 15.0. The van der Waals surface area contributed by atoms with Crippen molar-refractivity contribution in [2.75, 3.05) is 11.1 Å². The summed E-state index contributed by atoms with van der Waals surface area (Å²) in [5.74, 6) is -1.91. The summed E-state index contributed by atoms with van der Waals surface area (Å²) >= 11 is 0. The Hall–Kier alpha value is -1.65. The molecule has 20 heavy (non-hydrogen) atoms. The summed E-state index contributed by atoms with van der Waals surface area (Å²) in [6.45, 7) is 2.15. The van der Waals surface area contributed by atoms with Crippen molar-refractivity contribution >= 4 is 17.3 Å². The average Bonchev–Trinajstić information content (AvgIpc) is 2.40. The number of carbonyl (C=O) groups is 1. The molecule has 0 fully saturated rings. The number of amides is 1. The van der Waals surface area contributed by atoms with E-state index in [9.17, 15) is 13.6 Å². The standard InChI is InChI=1S/C15H22F2N2O/c1-2-3-4-5-6-7-8-15(20)19-14-10-13(18)11(16)9-12(14)17/h9-10H,2-8,18H2,1H3,(H,19,20). The van der Waals surface area contributed by atoms with Gasteiger partial charge in [-0.25, -0.2) is 8.78 Å². The molecule has 0 radical (unpaired) electrons. The van der Waals surface area contributed by atoms with E-state index in [4.69, 9.17) is 5.73 Å². The molecule has 1 aromatic rings. The number of rotatable bonds is 8. The largest absolute Gasteiger partial charge is 0.396 e. The third kappa shape index (κ3) is 5.55. The molecule has 112 valence electrons. The first-order valence-electron chi connectivity index (χ1n) is 7.09. The summed E-state index contributed by atoms with van der Waals surface area (Å²) in [5.41, 5.74) is 5.09. The van der Waals surface area contributed by atoms with Crippen LogP contribution in [0.15, 0.2) is 12.1 Å². The molecule has 3 N–H and O–H groups in total. The Kier molecular flexibility index (Phi) is 6.98. The van der Waals surface area contributed by atoms with Gasteiger partial charge in [-0.2, -0.15) is 0 Å². The second-order valence-corrected chi connectivity index (χ2v) is 4.92. The molecule has 0 unspecified atom stereocenters. The van der Waals surface area contributed by atoms with Crippen molar-refractivity contribution < 1.29 is 13.6 Å². The normalized spacial score (nSPS) is 10.6. The molecule has 0 aromatic heterocycles. The maximum atomic E-state index is 13.4. The van der Waals surface area contributed by atoms with E-state index in [1.807, 2.05) is 0 Å². The Morgan fingerprint density at radius 3 is 2.45 bits per heavy atom.